The van der Waals surface area contributed by atoms with Gasteiger partial charge in [0.1, 0.15) is 11.8 Å². The van der Waals surface area contributed by atoms with Crippen molar-refractivity contribution in [2.45, 2.75) is 51.9 Å². The highest BCUT2D eigenvalue weighted by Crippen LogP contribution is 2.22. The van der Waals surface area contributed by atoms with Gasteiger partial charge in [0.25, 0.3) is 0 Å². The van der Waals surface area contributed by atoms with Gasteiger partial charge in [0.2, 0.25) is 0 Å². The Bertz CT molecular complexity index is 250. The molecule has 2 N–H and O–H groups in total. The van der Waals surface area contributed by atoms with Crippen LogP contribution in [0.3, 0.4) is 0 Å². The number of hydrazine groups is 1. The van der Waals surface area contributed by atoms with Crippen LogP contribution in [0, 0.1) is 0 Å². The van der Waals surface area contributed by atoms with Crippen molar-refractivity contribution in [1.82, 2.24) is 10.0 Å². The molecule has 1 heterocycles. The van der Waals surface area contributed by atoms with Crippen LogP contribution in [0.25, 0.3) is 0 Å². The van der Waals surface area contributed by atoms with Gasteiger partial charge in [-0.05, 0) is 34.1 Å². The molecule has 1 saturated heterocycles. The summed E-state index contributed by atoms with van der Waals surface area (Å²) in [6.45, 7) is 7.56. The largest absolute Gasteiger partial charge is 0.443 e. The van der Waals surface area contributed by atoms with Gasteiger partial charge in [0.15, 0.2) is 0 Å². The van der Waals surface area contributed by atoms with E-state index in [1.807, 2.05) is 39.8 Å². The molecular formula is C10H21N3O2. The van der Waals surface area contributed by atoms with E-state index in [0.29, 0.717) is 0 Å². The van der Waals surface area contributed by atoms with Crippen LogP contribution in [-0.4, -0.2) is 41.0 Å². The zero-order chi connectivity index (χ0) is 11.8. The Morgan fingerprint density at radius 3 is 2.33 bits per heavy atom. The van der Waals surface area contributed by atoms with Gasteiger partial charge >= 0.3 is 6.09 Å². The molecule has 2 unspecified atom stereocenters. The number of hydrogen-bond donors (Lipinski definition) is 1. The van der Waals surface area contributed by atoms with Crippen molar-refractivity contribution in [3.63, 3.8) is 0 Å². The summed E-state index contributed by atoms with van der Waals surface area (Å²) in [4.78, 5) is 11.8. The average Bonchev–Trinajstić information content (AvgIpc) is 2.22. The second kappa shape index (κ2) is 3.98. The SMILES string of the molecule is CC1CC(N)N(C(=O)OC(C)(C)C)N1C. The van der Waals surface area contributed by atoms with Gasteiger partial charge in [-0.2, -0.15) is 0 Å². The van der Waals surface area contributed by atoms with E-state index < -0.39 is 5.60 Å². The molecule has 0 aliphatic carbocycles. The first kappa shape index (κ1) is 12.3. The minimum absolute atomic E-state index is 0.271. The smallest absolute Gasteiger partial charge is 0.426 e. The van der Waals surface area contributed by atoms with Gasteiger partial charge < -0.3 is 10.5 Å². The van der Waals surface area contributed by atoms with Crippen LogP contribution in [0.5, 0.6) is 0 Å². The summed E-state index contributed by atoms with van der Waals surface area (Å²) in [6, 6.07) is 0.271. The van der Waals surface area contributed by atoms with Gasteiger partial charge in [-0.25, -0.2) is 14.8 Å². The lowest BCUT2D eigenvalue weighted by Crippen LogP contribution is -2.50. The van der Waals surface area contributed by atoms with E-state index in [2.05, 4.69) is 0 Å². The van der Waals surface area contributed by atoms with Crippen molar-refractivity contribution >= 4 is 6.09 Å². The number of hydrogen-bond acceptors (Lipinski definition) is 4. The van der Waals surface area contributed by atoms with E-state index in [1.54, 1.807) is 0 Å². The van der Waals surface area contributed by atoms with Gasteiger partial charge in [0, 0.05) is 13.1 Å². The van der Waals surface area contributed by atoms with Gasteiger partial charge in [-0.1, -0.05) is 0 Å². The summed E-state index contributed by atoms with van der Waals surface area (Å²) in [6.07, 6.45) is 0.122. The molecule has 15 heavy (non-hydrogen) atoms. The highest BCUT2D eigenvalue weighted by atomic mass is 16.6. The van der Waals surface area contributed by atoms with E-state index in [-0.39, 0.29) is 18.3 Å². The minimum Gasteiger partial charge on any atom is -0.443 e. The van der Waals surface area contributed by atoms with Crippen LogP contribution in [0.4, 0.5) is 4.79 Å². The Kier molecular flexibility index (Phi) is 3.25. The van der Waals surface area contributed by atoms with Crippen LogP contribution >= 0.6 is 0 Å². The molecule has 1 aliphatic heterocycles. The maximum absolute atomic E-state index is 11.8. The Hall–Kier alpha value is -0.810. The first-order valence-corrected chi connectivity index (χ1v) is 5.23. The molecule has 0 aromatic heterocycles. The summed E-state index contributed by atoms with van der Waals surface area (Å²) < 4.78 is 5.28. The van der Waals surface area contributed by atoms with E-state index in [9.17, 15) is 4.79 Å². The molecule has 2 atom stereocenters. The number of rotatable bonds is 0. The Morgan fingerprint density at radius 1 is 1.47 bits per heavy atom. The fraction of sp³-hybridized carbons (Fsp3) is 0.900. The summed E-state index contributed by atoms with van der Waals surface area (Å²) in [5, 5.41) is 3.31. The first-order chi connectivity index (χ1) is 6.72. The zero-order valence-electron chi connectivity index (χ0n) is 10.2. The molecule has 1 fully saturated rings. The maximum atomic E-state index is 11.8. The number of nitrogens with zero attached hydrogens (tertiary/aromatic N) is 2. The van der Waals surface area contributed by atoms with Crippen LogP contribution in [0.1, 0.15) is 34.1 Å². The van der Waals surface area contributed by atoms with E-state index >= 15 is 0 Å². The fourth-order valence-corrected chi connectivity index (χ4v) is 1.62. The fourth-order valence-electron chi connectivity index (χ4n) is 1.62. The second-order valence-electron chi connectivity index (χ2n) is 5.05. The molecule has 5 nitrogen and oxygen atoms in total. The number of amides is 1. The van der Waals surface area contributed by atoms with Gasteiger partial charge in [0.05, 0.1) is 0 Å². The number of carbonyl (C=O) groups is 1. The predicted octanol–water partition coefficient (Wildman–Crippen LogP) is 1.15. The van der Waals surface area contributed by atoms with Crippen molar-refractivity contribution in [3.8, 4) is 0 Å². The van der Waals surface area contributed by atoms with Crippen LogP contribution in [-0.2, 0) is 4.74 Å². The van der Waals surface area contributed by atoms with E-state index in [4.69, 9.17) is 10.5 Å². The second-order valence-corrected chi connectivity index (χ2v) is 5.05. The summed E-state index contributed by atoms with van der Waals surface area (Å²) >= 11 is 0. The van der Waals surface area contributed by atoms with Crippen LogP contribution in [0.2, 0.25) is 0 Å². The minimum atomic E-state index is -0.483. The van der Waals surface area contributed by atoms with Crippen LogP contribution in [0.15, 0.2) is 0 Å². The van der Waals surface area contributed by atoms with Crippen molar-refractivity contribution in [3.05, 3.63) is 0 Å². The molecule has 1 rings (SSSR count). The van der Waals surface area contributed by atoms with Gasteiger partial charge in [-0.3, -0.25) is 0 Å². The molecule has 0 spiro atoms. The molecule has 0 radical (unpaired) electrons. The lowest BCUT2D eigenvalue weighted by Gasteiger charge is -2.31. The number of carbonyl (C=O) groups excluding carboxylic acids is 1. The predicted molar refractivity (Wildman–Crippen MR) is 57.9 cm³/mol. The molecule has 0 saturated carbocycles. The molecule has 5 heteroatoms. The van der Waals surface area contributed by atoms with Gasteiger partial charge in [-0.15, -0.1) is 0 Å². The lowest BCUT2D eigenvalue weighted by molar-refractivity contribution is -0.0373. The van der Waals surface area contributed by atoms with E-state index in [1.165, 1.54) is 5.01 Å². The molecule has 0 aromatic carbocycles. The van der Waals surface area contributed by atoms with E-state index in [0.717, 1.165) is 6.42 Å². The first-order valence-electron chi connectivity index (χ1n) is 5.23. The van der Waals surface area contributed by atoms with Crippen molar-refractivity contribution in [2.24, 2.45) is 5.73 Å². The molecule has 1 amide bonds. The molecule has 88 valence electrons. The normalized spacial score (nSPS) is 28.3. The Labute approximate surface area is 91.1 Å². The maximum Gasteiger partial charge on any atom is 0.426 e. The standard InChI is InChI=1S/C10H21N3O2/c1-7-6-8(11)13(12(7)5)9(14)15-10(2,3)4/h7-8H,6,11H2,1-5H3. The highest BCUT2D eigenvalue weighted by Gasteiger charge is 2.38. The molecular weight excluding hydrogens is 194 g/mol. The van der Waals surface area contributed by atoms with Crippen molar-refractivity contribution in [1.29, 1.82) is 0 Å². The van der Waals surface area contributed by atoms with Crippen molar-refractivity contribution < 1.29 is 9.53 Å². The Balaban J connectivity index is 2.67. The molecule has 1 aliphatic rings. The monoisotopic (exact) mass is 215 g/mol. The zero-order valence-corrected chi connectivity index (χ0v) is 10.2. The third kappa shape index (κ3) is 2.82. The molecule has 0 bridgehead atoms. The summed E-state index contributed by atoms with van der Waals surface area (Å²) in [7, 11) is 1.85. The molecule has 0 aromatic rings. The number of nitrogens with two attached hydrogens (primary N) is 1. The van der Waals surface area contributed by atoms with Crippen molar-refractivity contribution in [2.75, 3.05) is 7.05 Å². The highest BCUT2D eigenvalue weighted by molar-refractivity contribution is 5.68. The lowest BCUT2D eigenvalue weighted by atomic mass is 10.2. The topological polar surface area (TPSA) is 58.8 Å². The summed E-state index contributed by atoms with van der Waals surface area (Å²) in [5.74, 6) is 0. The third-order valence-electron chi connectivity index (χ3n) is 2.46. The van der Waals surface area contributed by atoms with Crippen LogP contribution < -0.4 is 5.73 Å². The third-order valence-corrected chi connectivity index (χ3v) is 2.46. The average molecular weight is 215 g/mol. The Morgan fingerprint density at radius 2 is 2.00 bits per heavy atom. The quantitative estimate of drug-likeness (QED) is 0.658. The summed E-state index contributed by atoms with van der Waals surface area (Å²) in [5.41, 5.74) is 5.38. The number of ether oxygens (including phenoxy) is 1.